The third-order valence-corrected chi connectivity index (χ3v) is 4.91. The van der Waals surface area contributed by atoms with Crippen LogP contribution in [0, 0.1) is 18.6 Å². The Labute approximate surface area is 148 Å². The molecule has 2 heterocycles. The molecule has 1 aliphatic heterocycles. The van der Waals surface area contributed by atoms with E-state index in [1.807, 2.05) is 29.2 Å². The van der Waals surface area contributed by atoms with Gasteiger partial charge < -0.3 is 9.88 Å². The highest BCUT2D eigenvalue weighted by atomic mass is 19.1. The van der Waals surface area contributed by atoms with E-state index in [9.17, 15) is 18.0 Å². The van der Waals surface area contributed by atoms with Crippen LogP contribution in [0.5, 0.6) is 0 Å². The van der Waals surface area contributed by atoms with Crippen LogP contribution in [0.15, 0.2) is 41.2 Å². The van der Waals surface area contributed by atoms with Gasteiger partial charge >= 0.3 is 0 Å². The summed E-state index contributed by atoms with van der Waals surface area (Å²) >= 11 is 0. The number of nitrogens with one attached hydrogen (secondary N) is 1. The van der Waals surface area contributed by atoms with Gasteiger partial charge in [0.15, 0.2) is 5.43 Å². The van der Waals surface area contributed by atoms with Gasteiger partial charge in [0.25, 0.3) is 0 Å². The normalized spacial score (nSPS) is 17.2. The number of benzene rings is 2. The topological polar surface area (TPSA) is 36.1 Å². The van der Waals surface area contributed by atoms with Crippen molar-refractivity contribution in [1.29, 1.82) is 0 Å². The molecule has 1 N–H and O–H groups in total. The minimum absolute atomic E-state index is 0.122. The summed E-state index contributed by atoms with van der Waals surface area (Å²) in [5, 5.41) is -0.143. The fourth-order valence-corrected chi connectivity index (χ4v) is 3.51. The Morgan fingerprint density at radius 3 is 2.54 bits per heavy atom. The van der Waals surface area contributed by atoms with E-state index in [2.05, 4.69) is 4.98 Å². The largest absolute Gasteiger partial charge is 0.369 e. The van der Waals surface area contributed by atoms with Gasteiger partial charge in [-0.15, -0.1) is 0 Å². The lowest BCUT2D eigenvalue weighted by atomic mass is 10.0. The smallest absolute Gasteiger partial charge is 0.195 e. The molecule has 2 aromatic carbocycles. The van der Waals surface area contributed by atoms with E-state index in [1.54, 1.807) is 6.92 Å². The summed E-state index contributed by atoms with van der Waals surface area (Å²) in [7, 11) is 0. The zero-order valence-corrected chi connectivity index (χ0v) is 14.2. The van der Waals surface area contributed by atoms with Crippen LogP contribution in [-0.2, 0) is 0 Å². The minimum Gasteiger partial charge on any atom is -0.369 e. The molecule has 6 heteroatoms. The van der Waals surface area contributed by atoms with E-state index in [1.165, 1.54) is 0 Å². The molecule has 0 radical (unpaired) electrons. The number of halogens is 3. The maximum absolute atomic E-state index is 14.0. The molecule has 1 fully saturated rings. The first-order valence-corrected chi connectivity index (χ1v) is 8.45. The second-order valence-corrected chi connectivity index (χ2v) is 6.64. The van der Waals surface area contributed by atoms with Crippen molar-refractivity contribution in [3.63, 3.8) is 0 Å². The number of pyridine rings is 1. The molecule has 0 bridgehead atoms. The maximum Gasteiger partial charge on any atom is 0.195 e. The van der Waals surface area contributed by atoms with Crippen LogP contribution in [0.2, 0.25) is 0 Å². The number of nitrogens with zero attached hydrogens (tertiary/aromatic N) is 1. The highest BCUT2D eigenvalue weighted by Crippen LogP contribution is 2.28. The van der Waals surface area contributed by atoms with Crippen molar-refractivity contribution in [3.8, 4) is 11.3 Å². The average Bonchev–Trinajstić information content (AvgIpc) is 3.04. The van der Waals surface area contributed by atoms with Gasteiger partial charge in [-0.3, -0.25) is 4.79 Å². The molecule has 0 amide bonds. The quantitative estimate of drug-likeness (QED) is 0.740. The van der Waals surface area contributed by atoms with Crippen LogP contribution in [0.25, 0.3) is 22.2 Å². The van der Waals surface area contributed by atoms with Crippen molar-refractivity contribution < 1.29 is 13.2 Å². The summed E-state index contributed by atoms with van der Waals surface area (Å²) in [5.41, 5.74) is 2.18. The lowest BCUT2D eigenvalue weighted by Crippen LogP contribution is -2.19. The van der Waals surface area contributed by atoms with Crippen molar-refractivity contribution in [3.05, 3.63) is 63.8 Å². The highest BCUT2D eigenvalue weighted by molar-refractivity contribution is 5.84. The first kappa shape index (κ1) is 16.7. The second-order valence-electron chi connectivity index (χ2n) is 6.64. The Kier molecular flexibility index (Phi) is 3.98. The van der Waals surface area contributed by atoms with Crippen molar-refractivity contribution in [1.82, 2.24) is 4.98 Å². The molecule has 1 saturated heterocycles. The maximum atomic E-state index is 14.0. The van der Waals surface area contributed by atoms with Gasteiger partial charge in [0.05, 0.1) is 16.6 Å². The summed E-state index contributed by atoms with van der Waals surface area (Å²) in [6, 6.07) is 9.19. The molecule has 4 rings (SSSR count). The third-order valence-electron chi connectivity index (χ3n) is 4.91. The minimum atomic E-state index is -0.874. The zero-order valence-electron chi connectivity index (χ0n) is 14.2. The summed E-state index contributed by atoms with van der Waals surface area (Å²) < 4.78 is 40.9. The Morgan fingerprint density at radius 1 is 1.15 bits per heavy atom. The summed E-state index contributed by atoms with van der Waals surface area (Å²) in [6.07, 6.45) is -0.283. The third kappa shape index (κ3) is 2.75. The van der Waals surface area contributed by atoms with Crippen molar-refractivity contribution in [2.75, 3.05) is 18.0 Å². The number of alkyl halides is 1. The molecule has 3 nitrogen and oxygen atoms in total. The molecular formula is C20H17F3N2O. The molecule has 0 spiro atoms. The molecule has 0 saturated carbocycles. The van der Waals surface area contributed by atoms with E-state index in [4.69, 9.17) is 0 Å². The Balaban J connectivity index is 1.79. The predicted octanol–water partition coefficient (Wildman–Crippen LogP) is 4.33. The molecule has 1 aromatic heterocycles. The van der Waals surface area contributed by atoms with Gasteiger partial charge in [-0.25, -0.2) is 13.2 Å². The molecular weight excluding hydrogens is 341 g/mol. The number of H-pyrrole nitrogens is 1. The van der Waals surface area contributed by atoms with Crippen molar-refractivity contribution in [2.45, 2.75) is 19.5 Å². The standard InChI is InChI=1S/C20H17F3N2O/c1-11-19(24-17-9-14(22)8-16(23)18(17)20(11)26)12-2-4-15(5-3-12)25-7-6-13(21)10-25/h2-5,8-9,13H,6-7,10H2,1H3,(H,24,26). The van der Waals surface area contributed by atoms with Crippen LogP contribution in [0.4, 0.5) is 18.9 Å². The molecule has 26 heavy (non-hydrogen) atoms. The van der Waals surface area contributed by atoms with Crippen LogP contribution in [0.3, 0.4) is 0 Å². The van der Waals surface area contributed by atoms with Crippen molar-refractivity contribution in [2.24, 2.45) is 0 Å². The number of aromatic nitrogens is 1. The Bertz CT molecular complexity index is 1040. The van der Waals surface area contributed by atoms with Gasteiger partial charge in [0.1, 0.15) is 17.8 Å². The summed E-state index contributed by atoms with van der Waals surface area (Å²) in [4.78, 5) is 17.5. The van der Waals surface area contributed by atoms with Crippen LogP contribution in [-0.4, -0.2) is 24.2 Å². The van der Waals surface area contributed by atoms with Crippen molar-refractivity contribution >= 4 is 16.6 Å². The molecule has 0 aliphatic carbocycles. The predicted molar refractivity (Wildman–Crippen MR) is 96.4 cm³/mol. The van der Waals surface area contributed by atoms with Crippen LogP contribution in [0.1, 0.15) is 12.0 Å². The monoisotopic (exact) mass is 358 g/mol. The average molecular weight is 358 g/mol. The lowest BCUT2D eigenvalue weighted by molar-refractivity contribution is 0.364. The molecule has 1 aliphatic rings. The zero-order chi connectivity index (χ0) is 18.4. The van der Waals surface area contributed by atoms with E-state index in [0.29, 0.717) is 36.8 Å². The van der Waals surface area contributed by atoms with Gasteiger partial charge in [-0.2, -0.15) is 0 Å². The lowest BCUT2D eigenvalue weighted by Gasteiger charge is -2.18. The number of hydrogen-bond donors (Lipinski definition) is 1. The van der Waals surface area contributed by atoms with Crippen LogP contribution < -0.4 is 10.3 Å². The highest BCUT2D eigenvalue weighted by Gasteiger charge is 2.22. The number of aromatic amines is 1. The first-order chi connectivity index (χ1) is 12.4. The van der Waals surface area contributed by atoms with Gasteiger partial charge in [-0.05, 0) is 37.1 Å². The second kappa shape index (κ2) is 6.20. The Hall–Kier alpha value is -2.76. The van der Waals surface area contributed by atoms with E-state index < -0.39 is 23.2 Å². The summed E-state index contributed by atoms with van der Waals surface area (Å²) in [6.45, 7) is 2.66. The van der Waals surface area contributed by atoms with Gasteiger partial charge in [-0.1, -0.05) is 12.1 Å². The first-order valence-electron chi connectivity index (χ1n) is 8.45. The fourth-order valence-electron chi connectivity index (χ4n) is 3.51. The number of fused-ring (bicyclic) bond motifs is 1. The number of rotatable bonds is 2. The number of anilines is 1. The van der Waals surface area contributed by atoms with Crippen LogP contribution >= 0.6 is 0 Å². The van der Waals surface area contributed by atoms with E-state index in [0.717, 1.165) is 17.3 Å². The SMILES string of the molecule is Cc1c(-c2ccc(N3CCC(F)C3)cc2)[nH]c2cc(F)cc(F)c2c1=O. The molecule has 134 valence electrons. The molecule has 3 aromatic rings. The fraction of sp³-hybridized carbons (Fsp3) is 0.250. The Morgan fingerprint density at radius 2 is 1.88 bits per heavy atom. The molecule has 1 unspecified atom stereocenters. The number of hydrogen-bond acceptors (Lipinski definition) is 2. The molecule has 1 atom stereocenters. The van der Waals surface area contributed by atoms with Gasteiger partial charge in [0, 0.05) is 30.4 Å². The van der Waals surface area contributed by atoms with E-state index >= 15 is 0 Å². The summed E-state index contributed by atoms with van der Waals surface area (Å²) in [5.74, 6) is -1.62. The van der Waals surface area contributed by atoms with E-state index in [-0.39, 0.29) is 10.9 Å². The van der Waals surface area contributed by atoms with Gasteiger partial charge in [0.2, 0.25) is 0 Å².